The highest BCUT2D eigenvalue weighted by Crippen LogP contribution is 2.18. The van der Waals surface area contributed by atoms with E-state index in [2.05, 4.69) is 34.2 Å². The van der Waals surface area contributed by atoms with Crippen LogP contribution in [-0.2, 0) is 4.79 Å². The predicted molar refractivity (Wildman–Crippen MR) is 91.4 cm³/mol. The van der Waals surface area contributed by atoms with Gasteiger partial charge in [0.15, 0.2) is 5.82 Å². The van der Waals surface area contributed by atoms with Gasteiger partial charge in [0.25, 0.3) is 0 Å². The van der Waals surface area contributed by atoms with E-state index in [-0.39, 0.29) is 5.91 Å². The van der Waals surface area contributed by atoms with Crippen LogP contribution in [0.5, 0.6) is 0 Å². The minimum atomic E-state index is -0.0168. The second-order valence-electron chi connectivity index (χ2n) is 6.71. The molecule has 6 heteroatoms. The van der Waals surface area contributed by atoms with Crippen molar-refractivity contribution in [3.05, 3.63) is 11.8 Å². The van der Waals surface area contributed by atoms with Crippen molar-refractivity contribution in [3.8, 4) is 0 Å². The van der Waals surface area contributed by atoms with Crippen molar-refractivity contribution < 1.29 is 9.32 Å². The summed E-state index contributed by atoms with van der Waals surface area (Å²) in [6.45, 7) is 8.84. The maximum atomic E-state index is 12.0. The first-order valence-electron chi connectivity index (χ1n) is 8.71. The molecule has 0 aliphatic carbocycles. The van der Waals surface area contributed by atoms with Crippen LogP contribution in [0.25, 0.3) is 0 Å². The van der Waals surface area contributed by atoms with Gasteiger partial charge >= 0.3 is 0 Å². The summed E-state index contributed by atoms with van der Waals surface area (Å²) in [6.07, 6.45) is 4.87. The van der Waals surface area contributed by atoms with Crippen LogP contribution < -0.4 is 5.32 Å². The Morgan fingerprint density at radius 2 is 2.22 bits per heavy atom. The van der Waals surface area contributed by atoms with Gasteiger partial charge in [0, 0.05) is 12.6 Å². The Morgan fingerprint density at radius 3 is 2.83 bits per heavy atom. The topological polar surface area (TPSA) is 61.6 Å². The number of hydrogen-bond acceptors (Lipinski definition) is 5. The van der Waals surface area contributed by atoms with Gasteiger partial charge in [0.2, 0.25) is 5.91 Å². The fourth-order valence-electron chi connectivity index (χ4n) is 3.10. The minimum Gasteiger partial charge on any atom is -0.360 e. The van der Waals surface area contributed by atoms with Crippen molar-refractivity contribution in [2.75, 3.05) is 45.1 Å². The van der Waals surface area contributed by atoms with E-state index in [0.717, 1.165) is 19.0 Å². The van der Waals surface area contributed by atoms with Crippen LogP contribution in [0.2, 0.25) is 0 Å². The van der Waals surface area contributed by atoms with Gasteiger partial charge in [0.1, 0.15) is 5.76 Å². The molecule has 1 fully saturated rings. The molecule has 2 heterocycles. The third-order valence-corrected chi connectivity index (χ3v) is 4.43. The van der Waals surface area contributed by atoms with Gasteiger partial charge in [-0.2, -0.15) is 0 Å². The quantitative estimate of drug-likeness (QED) is 0.796. The zero-order chi connectivity index (χ0) is 16.7. The smallest absolute Gasteiger partial charge is 0.239 e. The van der Waals surface area contributed by atoms with Crippen LogP contribution in [0.1, 0.15) is 38.4 Å². The zero-order valence-corrected chi connectivity index (χ0v) is 14.7. The summed E-state index contributed by atoms with van der Waals surface area (Å²) < 4.78 is 4.95. The number of nitrogens with zero attached hydrogens (tertiary/aromatic N) is 3. The van der Waals surface area contributed by atoms with Gasteiger partial charge in [0.05, 0.1) is 6.54 Å². The number of carbonyl (C=O) groups excluding carboxylic acids is 1. The molecule has 1 N–H and O–H groups in total. The van der Waals surface area contributed by atoms with Crippen molar-refractivity contribution >= 4 is 11.7 Å². The summed E-state index contributed by atoms with van der Waals surface area (Å²) in [5.74, 6) is 1.94. The number of likely N-dealkylation sites (tertiary alicyclic amines) is 1. The first-order valence-corrected chi connectivity index (χ1v) is 8.71. The number of anilines is 1. The Labute approximate surface area is 139 Å². The molecule has 2 rings (SSSR count). The second kappa shape index (κ2) is 9.03. The number of nitrogens with one attached hydrogen (secondary N) is 1. The molecule has 130 valence electrons. The monoisotopic (exact) mass is 322 g/mol. The first-order chi connectivity index (χ1) is 11.1. The average molecular weight is 322 g/mol. The standard InChI is InChI=1S/C17H30N4O2/c1-4-5-8-20(3)12-15-6-9-21(10-7-15)13-17(22)18-16-11-14(2)23-19-16/h11,15H,4-10,12-13H2,1-3H3,(H,18,19,22). The molecule has 1 saturated heterocycles. The third kappa shape index (κ3) is 6.31. The molecule has 0 spiro atoms. The maximum Gasteiger partial charge on any atom is 0.239 e. The van der Waals surface area contributed by atoms with E-state index in [0.29, 0.717) is 18.1 Å². The van der Waals surface area contributed by atoms with Gasteiger partial charge < -0.3 is 14.7 Å². The molecule has 1 aliphatic rings. The van der Waals surface area contributed by atoms with E-state index >= 15 is 0 Å². The highest BCUT2D eigenvalue weighted by Gasteiger charge is 2.22. The lowest BCUT2D eigenvalue weighted by atomic mass is 9.96. The van der Waals surface area contributed by atoms with E-state index in [1.165, 1.54) is 38.8 Å². The van der Waals surface area contributed by atoms with Gasteiger partial charge in [-0.05, 0) is 58.8 Å². The Balaban J connectivity index is 1.65. The van der Waals surface area contributed by atoms with Crippen LogP contribution >= 0.6 is 0 Å². The van der Waals surface area contributed by atoms with Crippen LogP contribution in [-0.4, -0.2) is 60.6 Å². The van der Waals surface area contributed by atoms with Gasteiger partial charge in [-0.3, -0.25) is 9.69 Å². The summed E-state index contributed by atoms with van der Waals surface area (Å²) in [6, 6.07) is 1.73. The summed E-state index contributed by atoms with van der Waals surface area (Å²) in [4.78, 5) is 16.7. The minimum absolute atomic E-state index is 0.0168. The maximum absolute atomic E-state index is 12.0. The fraction of sp³-hybridized carbons (Fsp3) is 0.765. The molecule has 0 saturated carbocycles. The van der Waals surface area contributed by atoms with E-state index < -0.39 is 0 Å². The summed E-state index contributed by atoms with van der Waals surface area (Å²) >= 11 is 0. The van der Waals surface area contributed by atoms with Crippen LogP contribution in [0.4, 0.5) is 5.82 Å². The molecular formula is C17H30N4O2. The lowest BCUT2D eigenvalue weighted by molar-refractivity contribution is -0.117. The SMILES string of the molecule is CCCCN(C)CC1CCN(CC(=O)Nc2cc(C)on2)CC1. The number of rotatable bonds is 8. The molecule has 1 aromatic heterocycles. The number of unbranched alkanes of at least 4 members (excludes halogenated alkanes) is 1. The van der Waals surface area contributed by atoms with Crippen LogP contribution in [0.3, 0.4) is 0 Å². The van der Waals surface area contributed by atoms with Crippen molar-refractivity contribution in [1.82, 2.24) is 15.0 Å². The lowest BCUT2D eigenvalue weighted by Crippen LogP contribution is -2.41. The van der Waals surface area contributed by atoms with Crippen molar-refractivity contribution in [1.29, 1.82) is 0 Å². The summed E-state index contributed by atoms with van der Waals surface area (Å²) in [5.41, 5.74) is 0. The highest BCUT2D eigenvalue weighted by molar-refractivity contribution is 5.91. The normalized spacial score (nSPS) is 16.9. The third-order valence-electron chi connectivity index (χ3n) is 4.43. The van der Waals surface area contributed by atoms with E-state index in [9.17, 15) is 4.79 Å². The molecular weight excluding hydrogens is 292 g/mol. The number of hydrogen-bond donors (Lipinski definition) is 1. The van der Waals surface area contributed by atoms with E-state index in [1.807, 2.05) is 6.92 Å². The van der Waals surface area contributed by atoms with E-state index in [4.69, 9.17) is 4.52 Å². The number of aromatic nitrogens is 1. The molecule has 0 atom stereocenters. The van der Waals surface area contributed by atoms with Crippen LogP contribution in [0, 0.1) is 12.8 Å². The number of amides is 1. The zero-order valence-electron chi connectivity index (χ0n) is 14.7. The summed E-state index contributed by atoms with van der Waals surface area (Å²) in [7, 11) is 2.22. The van der Waals surface area contributed by atoms with Crippen molar-refractivity contribution in [2.24, 2.45) is 5.92 Å². The first kappa shape index (κ1) is 17.9. The molecule has 23 heavy (non-hydrogen) atoms. The molecule has 0 aromatic carbocycles. The Morgan fingerprint density at radius 1 is 1.48 bits per heavy atom. The molecule has 0 bridgehead atoms. The summed E-state index contributed by atoms with van der Waals surface area (Å²) in [5, 5.41) is 6.57. The molecule has 6 nitrogen and oxygen atoms in total. The number of carbonyl (C=O) groups is 1. The Hall–Kier alpha value is -1.40. The van der Waals surface area contributed by atoms with Gasteiger partial charge in [-0.25, -0.2) is 0 Å². The van der Waals surface area contributed by atoms with Crippen LogP contribution in [0.15, 0.2) is 10.6 Å². The molecule has 1 aromatic rings. The molecule has 0 unspecified atom stereocenters. The van der Waals surface area contributed by atoms with E-state index in [1.54, 1.807) is 6.07 Å². The highest BCUT2D eigenvalue weighted by atomic mass is 16.5. The molecule has 0 radical (unpaired) electrons. The van der Waals surface area contributed by atoms with Crippen molar-refractivity contribution in [2.45, 2.75) is 39.5 Å². The largest absolute Gasteiger partial charge is 0.360 e. The molecule has 1 amide bonds. The Bertz CT molecular complexity index is 481. The predicted octanol–water partition coefficient (Wildman–Crippen LogP) is 2.37. The number of piperidine rings is 1. The van der Waals surface area contributed by atoms with Gasteiger partial charge in [-0.15, -0.1) is 0 Å². The lowest BCUT2D eigenvalue weighted by Gasteiger charge is -2.33. The average Bonchev–Trinajstić information content (AvgIpc) is 2.92. The van der Waals surface area contributed by atoms with Gasteiger partial charge in [-0.1, -0.05) is 18.5 Å². The number of aryl methyl sites for hydroxylation is 1. The fourth-order valence-corrected chi connectivity index (χ4v) is 3.10. The van der Waals surface area contributed by atoms with Crippen molar-refractivity contribution in [3.63, 3.8) is 0 Å². The Kier molecular flexibility index (Phi) is 7.05. The second-order valence-corrected chi connectivity index (χ2v) is 6.71. The molecule has 1 aliphatic heterocycles.